The van der Waals surface area contributed by atoms with Gasteiger partial charge in [-0.25, -0.2) is 0 Å². The number of H-pyrrole nitrogens is 1. The van der Waals surface area contributed by atoms with Crippen LogP contribution in [0, 0.1) is 0 Å². The minimum Gasteiger partial charge on any atom is -0.368 e. The molecule has 2 rings (SSSR count). The van der Waals surface area contributed by atoms with Crippen molar-refractivity contribution in [1.29, 1.82) is 0 Å². The lowest BCUT2D eigenvalue weighted by atomic mass is 10.2. The highest BCUT2D eigenvalue weighted by Gasteiger charge is 2.06. The lowest BCUT2D eigenvalue weighted by Crippen LogP contribution is -2.28. The maximum Gasteiger partial charge on any atom is 0.0575 e. The molecule has 1 aliphatic heterocycles. The minimum absolute atomic E-state index is 1.12. The number of nitrogens with one attached hydrogen (secondary N) is 1. The van der Waals surface area contributed by atoms with E-state index in [-0.39, 0.29) is 0 Å². The van der Waals surface area contributed by atoms with E-state index in [2.05, 4.69) is 4.98 Å². The maximum absolute atomic E-state index is 5.02. The van der Waals surface area contributed by atoms with Gasteiger partial charge in [0, 0.05) is 25.5 Å². The van der Waals surface area contributed by atoms with Gasteiger partial charge in [-0.1, -0.05) is 6.42 Å². The SMILES string of the molecule is CON1CCCCC1.c1cc[nH]c1. The zero-order valence-corrected chi connectivity index (χ0v) is 8.20. The Hall–Kier alpha value is -0.800. The molecule has 3 heteroatoms. The second kappa shape index (κ2) is 6.69. The largest absolute Gasteiger partial charge is 0.368 e. The Morgan fingerprint density at radius 1 is 1.08 bits per heavy atom. The first-order valence-corrected chi connectivity index (χ1v) is 4.80. The fourth-order valence-electron chi connectivity index (χ4n) is 1.33. The summed E-state index contributed by atoms with van der Waals surface area (Å²) in [5, 5.41) is 2.02. The number of aromatic amines is 1. The van der Waals surface area contributed by atoms with Gasteiger partial charge in [0.05, 0.1) is 7.11 Å². The average molecular weight is 182 g/mol. The van der Waals surface area contributed by atoms with Gasteiger partial charge in [-0.2, -0.15) is 5.06 Å². The van der Waals surface area contributed by atoms with Crippen LogP contribution in [-0.2, 0) is 4.84 Å². The molecule has 0 bridgehead atoms. The number of hydroxylamine groups is 2. The van der Waals surface area contributed by atoms with Gasteiger partial charge in [0.2, 0.25) is 0 Å². The molecule has 0 aromatic carbocycles. The molecule has 1 aliphatic rings. The zero-order valence-electron chi connectivity index (χ0n) is 8.20. The van der Waals surface area contributed by atoms with Crippen molar-refractivity contribution < 1.29 is 4.84 Å². The van der Waals surface area contributed by atoms with Crippen LogP contribution in [0.25, 0.3) is 0 Å². The summed E-state index contributed by atoms with van der Waals surface area (Å²) < 4.78 is 0. The molecule has 0 aliphatic carbocycles. The number of hydrogen-bond acceptors (Lipinski definition) is 2. The normalized spacial score (nSPS) is 17.6. The molecule has 0 radical (unpaired) electrons. The van der Waals surface area contributed by atoms with Crippen LogP contribution in [0.2, 0.25) is 0 Å². The number of aromatic nitrogens is 1. The van der Waals surface area contributed by atoms with Crippen LogP contribution in [0.1, 0.15) is 19.3 Å². The van der Waals surface area contributed by atoms with Crippen molar-refractivity contribution in [2.24, 2.45) is 0 Å². The van der Waals surface area contributed by atoms with Gasteiger partial charge in [0.1, 0.15) is 0 Å². The monoisotopic (exact) mass is 182 g/mol. The third-order valence-electron chi connectivity index (χ3n) is 2.07. The van der Waals surface area contributed by atoms with Crippen molar-refractivity contribution in [2.75, 3.05) is 20.2 Å². The van der Waals surface area contributed by atoms with E-state index in [9.17, 15) is 0 Å². The number of hydrogen-bond donors (Lipinski definition) is 1. The van der Waals surface area contributed by atoms with E-state index >= 15 is 0 Å². The van der Waals surface area contributed by atoms with Crippen LogP contribution in [0.4, 0.5) is 0 Å². The van der Waals surface area contributed by atoms with Gasteiger partial charge < -0.3 is 9.82 Å². The second-order valence-electron chi connectivity index (χ2n) is 3.06. The van der Waals surface area contributed by atoms with Gasteiger partial charge in [0.25, 0.3) is 0 Å². The Balaban J connectivity index is 0.000000145. The van der Waals surface area contributed by atoms with E-state index in [1.165, 1.54) is 19.3 Å². The smallest absolute Gasteiger partial charge is 0.0575 e. The quantitative estimate of drug-likeness (QED) is 0.720. The summed E-state index contributed by atoms with van der Waals surface area (Å²) in [4.78, 5) is 7.89. The minimum atomic E-state index is 1.12. The molecule has 0 atom stereocenters. The maximum atomic E-state index is 5.02. The fourth-order valence-corrected chi connectivity index (χ4v) is 1.33. The molecule has 3 nitrogen and oxygen atoms in total. The number of piperidine rings is 1. The van der Waals surface area contributed by atoms with Crippen molar-refractivity contribution in [1.82, 2.24) is 10.0 Å². The highest BCUT2D eigenvalue weighted by atomic mass is 16.7. The van der Waals surface area contributed by atoms with Crippen LogP contribution < -0.4 is 0 Å². The Bertz CT molecular complexity index is 164. The molecule has 1 aromatic heterocycles. The molecule has 0 saturated carbocycles. The van der Waals surface area contributed by atoms with E-state index in [1.54, 1.807) is 7.11 Å². The molecule has 1 fully saturated rings. The van der Waals surface area contributed by atoms with Gasteiger partial charge in [-0.05, 0) is 25.0 Å². The lowest BCUT2D eigenvalue weighted by molar-refractivity contribution is -0.141. The Labute approximate surface area is 79.7 Å². The number of nitrogens with zero attached hydrogens (tertiary/aromatic N) is 1. The third kappa shape index (κ3) is 4.70. The van der Waals surface area contributed by atoms with Gasteiger partial charge in [0.15, 0.2) is 0 Å². The summed E-state index contributed by atoms with van der Waals surface area (Å²) in [6, 6.07) is 3.89. The van der Waals surface area contributed by atoms with Crippen molar-refractivity contribution in [3.8, 4) is 0 Å². The molecule has 0 amide bonds. The lowest BCUT2D eigenvalue weighted by Gasteiger charge is -2.23. The molecule has 74 valence electrons. The van der Waals surface area contributed by atoms with Crippen LogP contribution in [0.15, 0.2) is 24.5 Å². The zero-order chi connectivity index (χ0) is 9.36. The molecule has 2 heterocycles. The molecule has 0 spiro atoms. The van der Waals surface area contributed by atoms with Crippen molar-refractivity contribution >= 4 is 0 Å². The summed E-state index contributed by atoms with van der Waals surface area (Å²) in [5.74, 6) is 0. The molecule has 13 heavy (non-hydrogen) atoms. The summed E-state index contributed by atoms with van der Waals surface area (Å²) in [6.45, 7) is 2.24. The molecule has 1 aromatic rings. The van der Waals surface area contributed by atoms with Crippen molar-refractivity contribution in [3.63, 3.8) is 0 Å². The second-order valence-corrected chi connectivity index (χ2v) is 3.06. The van der Waals surface area contributed by atoms with Gasteiger partial charge >= 0.3 is 0 Å². The number of rotatable bonds is 1. The van der Waals surface area contributed by atoms with E-state index < -0.39 is 0 Å². The summed E-state index contributed by atoms with van der Waals surface area (Å²) in [5.41, 5.74) is 0. The van der Waals surface area contributed by atoms with Crippen molar-refractivity contribution in [3.05, 3.63) is 24.5 Å². The molecule has 0 unspecified atom stereocenters. The average Bonchev–Trinajstić information content (AvgIpc) is 2.77. The van der Waals surface area contributed by atoms with Gasteiger partial charge in [-0.3, -0.25) is 0 Å². The standard InChI is InChI=1S/C6H13NO.C4H5N/c1-8-7-5-3-2-4-6-7;1-2-4-5-3-1/h2-6H2,1H3;1-5H. The van der Waals surface area contributed by atoms with E-state index in [4.69, 9.17) is 4.84 Å². The van der Waals surface area contributed by atoms with E-state index in [0.717, 1.165) is 13.1 Å². The molecular formula is C10H18N2O. The highest BCUT2D eigenvalue weighted by molar-refractivity contribution is 4.84. The van der Waals surface area contributed by atoms with Crippen molar-refractivity contribution in [2.45, 2.75) is 19.3 Å². The molecular weight excluding hydrogens is 164 g/mol. The van der Waals surface area contributed by atoms with Crippen LogP contribution in [-0.4, -0.2) is 30.2 Å². The third-order valence-corrected chi connectivity index (χ3v) is 2.07. The summed E-state index contributed by atoms with van der Waals surface area (Å²) >= 11 is 0. The highest BCUT2D eigenvalue weighted by Crippen LogP contribution is 2.07. The topological polar surface area (TPSA) is 28.3 Å². The predicted octanol–water partition coefficient (Wildman–Crippen LogP) is 2.05. The predicted molar refractivity (Wildman–Crippen MR) is 53.2 cm³/mol. The first kappa shape index (κ1) is 10.3. The summed E-state index contributed by atoms with van der Waals surface area (Å²) in [7, 11) is 1.74. The first-order valence-electron chi connectivity index (χ1n) is 4.80. The van der Waals surface area contributed by atoms with Crippen LogP contribution >= 0.6 is 0 Å². The molecule has 1 saturated heterocycles. The van der Waals surface area contributed by atoms with E-state index in [1.807, 2.05) is 29.6 Å². The Kier molecular flexibility index (Phi) is 5.29. The fraction of sp³-hybridized carbons (Fsp3) is 0.600. The van der Waals surface area contributed by atoms with Gasteiger partial charge in [-0.15, -0.1) is 0 Å². The van der Waals surface area contributed by atoms with Crippen LogP contribution in [0.3, 0.4) is 0 Å². The Morgan fingerprint density at radius 3 is 2.00 bits per heavy atom. The summed E-state index contributed by atoms with van der Waals surface area (Å²) in [6.07, 6.45) is 7.72. The van der Waals surface area contributed by atoms with E-state index in [0.29, 0.717) is 0 Å². The molecule has 1 N–H and O–H groups in total. The van der Waals surface area contributed by atoms with Crippen LogP contribution in [0.5, 0.6) is 0 Å². The first-order chi connectivity index (χ1) is 6.43. The Morgan fingerprint density at radius 2 is 1.69 bits per heavy atom.